The standard InChI is InChI=1S/C22H28N4O12/c23-12(5-6-16(28)29)19(34)24-13(8-17(30)31)20(35)25-14(9-18(32)33)21(36)26-15(22(37)38)7-10-1-3-11(27)4-2-10/h1-4,12-15,27H,5-9,23H2,(H,24,34)(H,25,35)(H,26,36)(H,28,29)(H,30,31)(H,32,33)(H,37,38). The van der Waals surface area contributed by atoms with Crippen molar-refractivity contribution >= 4 is 41.6 Å². The van der Waals surface area contributed by atoms with E-state index in [-0.39, 0.29) is 18.6 Å². The van der Waals surface area contributed by atoms with Crippen molar-refractivity contribution in [3.8, 4) is 5.75 Å². The Morgan fingerprint density at radius 3 is 1.55 bits per heavy atom. The molecule has 1 aromatic carbocycles. The fourth-order valence-electron chi connectivity index (χ4n) is 3.07. The smallest absolute Gasteiger partial charge is 0.326 e. The van der Waals surface area contributed by atoms with Gasteiger partial charge in [0.15, 0.2) is 0 Å². The lowest BCUT2D eigenvalue weighted by atomic mass is 10.0. The van der Waals surface area contributed by atoms with Crippen LogP contribution in [0.15, 0.2) is 24.3 Å². The van der Waals surface area contributed by atoms with Crippen molar-refractivity contribution in [3.05, 3.63) is 29.8 Å². The predicted octanol–water partition coefficient (Wildman–Crippen LogP) is -2.38. The number of carbonyl (C=O) groups is 7. The van der Waals surface area contributed by atoms with E-state index in [0.29, 0.717) is 5.56 Å². The molecule has 16 heteroatoms. The average Bonchev–Trinajstić information content (AvgIpc) is 2.81. The van der Waals surface area contributed by atoms with Crippen molar-refractivity contribution in [3.63, 3.8) is 0 Å². The third-order valence-electron chi connectivity index (χ3n) is 5.02. The molecule has 4 atom stereocenters. The number of carbonyl (C=O) groups excluding carboxylic acids is 3. The molecule has 0 radical (unpaired) electrons. The molecule has 0 saturated carbocycles. The lowest BCUT2D eigenvalue weighted by Crippen LogP contribution is -2.58. The zero-order valence-electron chi connectivity index (χ0n) is 19.8. The van der Waals surface area contributed by atoms with Gasteiger partial charge < -0.3 is 47.2 Å². The molecule has 0 spiro atoms. The van der Waals surface area contributed by atoms with E-state index in [2.05, 4.69) is 5.32 Å². The van der Waals surface area contributed by atoms with Gasteiger partial charge >= 0.3 is 23.9 Å². The SMILES string of the molecule is NC(CCC(=O)O)C(=O)NC(CC(=O)O)C(=O)NC(CC(=O)O)C(=O)NC(Cc1ccc(O)cc1)C(=O)O. The summed E-state index contributed by atoms with van der Waals surface area (Å²) in [4.78, 5) is 82.4. The van der Waals surface area contributed by atoms with Crippen molar-refractivity contribution in [2.24, 2.45) is 5.73 Å². The molecule has 1 rings (SSSR count). The number of hydrogen-bond acceptors (Lipinski definition) is 9. The summed E-state index contributed by atoms with van der Waals surface area (Å²) in [6.45, 7) is 0. The molecule has 4 unspecified atom stereocenters. The Kier molecular flexibility index (Phi) is 12.1. The number of benzene rings is 1. The predicted molar refractivity (Wildman–Crippen MR) is 125 cm³/mol. The molecule has 0 fully saturated rings. The normalized spacial score (nSPS) is 13.7. The van der Waals surface area contributed by atoms with Gasteiger partial charge in [0, 0.05) is 12.8 Å². The van der Waals surface area contributed by atoms with Crippen LogP contribution in [-0.2, 0) is 40.0 Å². The summed E-state index contributed by atoms with van der Waals surface area (Å²) in [5.41, 5.74) is 5.95. The highest BCUT2D eigenvalue weighted by atomic mass is 16.4. The highest BCUT2D eigenvalue weighted by molar-refractivity contribution is 5.97. The first kappa shape index (κ1) is 31.3. The molecule has 1 aromatic rings. The maximum Gasteiger partial charge on any atom is 0.326 e. The molecule has 0 aliphatic heterocycles. The van der Waals surface area contributed by atoms with Crippen LogP contribution in [0.2, 0.25) is 0 Å². The first-order valence-electron chi connectivity index (χ1n) is 11.0. The third kappa shape index (κ3) is 11.3. The van der Waals surface area contributed by atoms with Crippen LogP contribution in [0.5, 0.6) is 5.75 Å². The molecule has 3 amide bonds. The van der Waals surface area contributed by atoms with Gasteiger partial charge in [-0.25, -0.2) is 4.79 Å². The first-order chi connectivity index (χ1) is 17.7. The number of carboxylic acids is 4. The summed E-state index contributed by atoms with van der Waals surface area (Å²) in [5.74, 6) is -9.50. The number of nitrogens with two attached hydrogens (primary N) is 1. The average molecular weight is 540 g/mol. The highest BCUT2D eigenvalue weighted by Gasteiger charge is 2.32. The van der Waals surface area contributed by atoms with Gasteiger partial charge in [-0.05, 0) is 24.1 Å². The minimum absolute atomic E-state index is 0.0836. The highest BCUT2D eigenvalue weighted by Crippen LogP contribution is 2.12. The van der Waals surface area contributed by atoms with Crippen molar-refractivity contribution in [1.82, 2.24) is 16.0 Å². The second-order valence-corrected chi connectivity index (χ2v) is 8.13. The molecule has 0 saturated heterocycles. The fourth-order valence-corrected chi connectivity index (χ4v) is 3.07. The maximum absolute atomic E-state index is 12.7. The molecule has 16 nitrogen and oxygen atoms in total. The molecular formula is C22H28N4O12. The van der Waals surface area contributed by atoms with Gasteiger partial charge in [-0.2, -0.15) is 0 Å². The Balaban J connectivity index is 3.02. The van der Waals surface area contributed by atoms with Gasteiger partial charge in [0.1, 0.15) is 23.9 Å². The topological polar surface area (TPSA) is 283 Å². The minimum atomic E-state index is -1.87. The van der Waals surface area contributed by atoms with Crippen LogP contribution in [-0.4, -0.2) is 91.3 Å². The molecule has 208 valence electrons. The molecule has 0 bridgehead atoms. The van der Waals surface area contributed by atoms with E-state index >= 15 is 0 Å². The second kappa shape index (κ2) is 14.7. The Morgan fingerprint density at radius 2 is 1.13 bits per heavy atom. The van der Waals surface area contributed by atoms with Gasteiger partial charge in [-0.15, -0.1) is 0 Å². The Morgan fingerprint density at radius 1 is 0.684 bits per heavy atom. The number of aliphatic carboxylic acids is 4. The lowest BCUT2D eigenvalue weighted by molar-refractivity contribution is -0.145. The minimum Gasteiger partial charge on any atom is -0.508 e. The zero-order valence-corrected chi connectivity index (χ0v) is 19.8. The van der Waals surface area contributed by atoms with E-state index < -0.39 is 85.0 Å². The van der Waals surface area contributed by atoms with Crippen molar-refractivity contribution in [2.45, 2.75) is 56.3 Å². The van der Waals surface area contributed by atoms with Crippen LogP contribution in [0.4, 0.5) is 0 Å². The summed E-state index contributed by atoms with van der Waals surface area (Å²) in [5, 5.41) is 51.9. The van der Waals surface area contributed by atoms with Gasteiger partial charge in [0.05, 0.1) is 18.9 Å². The number of phenols is 1. The van der Waals surface area contributed by atoms with Gasteiger partial charge in [-0.1, -0.05) is 12.1 Å². The number of hydrogen-bond donors (Lipinski definition) is 9. The first-order valence-corrected chi connectivity index (χ1v) is 11.0. The summed E-state index contributed by atoms with van der Waals surface area (Å²) >= 11 is 0. The Labute approximate surface area is 214 Å². The van der Waals surface area contributed by atoms with Crippen LogP contribution in [0.25, 0.3) is 0 Å². The largest absolute Gasteiger partial charge is 0.508 e. The molecule has 0 aromatic heterocycles. The van der Waals surface area contributed by atoms with E-state index in [9.17, 15) is 43.8 Å². The molecule has 38 heavy (non-hydrogen) atoms. The molecule has 0 aliphatic carbocycles. The Hall–Kier alpha value is -4.73. The summed E-state index contributed by atoms with van der Waals surface area (Å²) < 4.78 is 0. The molecule has 0 heterocycles. The van der Waals surface area contributed by atoms with E-state index in [0.717, 1.165) is 0 Å². The molecular weight excluding hydrogens is 512 g/mol. The number of carboxylic acid groups (broad SMARTS) is 4. The second-order valence-electron chi connectivity index (χ2n) is 8.13. The molecule has 10 N–H and O–H groups in total. The van der Waals surface area contributed by atoms with Crippen molar-refractivity contribution in [1.29, 1.82) is 0 Å². The van der Waals surface area contributed by atoms with Crippen molar-refractivity contribution < 1.29 is 59.1 Å². The van der Waals surface area contributed by atoms with Crippen LogP contribution in [0, 0.1) is 0 Å². The van der Waals surface area contributed by atoms with E-state index in [1.54, 1.807) is 0 Å². The van der Waals surface area contributed by atoms with Crippen LogP contribution in [0.1, 0.15) is 31.2 Å². The maximum atomic E-state index is 12.7. The number of amides is 3. The van der Waals surface area contributed by atoms with Gasteiger partial charge in [0.25, 0.3) is 0 Å². The van der Waals surface area contributed by atoms with Gasteiger partial charge in [0.2, 0.25) is 17.7 Å². The third-order valence-corrected chi connectivity index (χ3v) is 5.02. The van der Waals surface area contributed by atoms with Crippen LogP contribution < -0.4 is 21.7 Å². The van der Waals surface area contributed by atoms with Crippen molar-refractivity contribution in [2.75, 3.05) is 0 Å². The van der Waals surface area contributed by atoms with E-state index in [1.165, 1.54) is 24.3 Å². The van der Waals surface area contributed by atoms with E-state index in [4.69, 9.17) is 21.1 Å². The van der Waals surface area contributed by atoms with Gasteiger partial charge in [-0.3, -0.25) is 28.8 Å². The van der Waals surface area contributed by atoms with Crippen LogP contribution in [0.3, 0.4) is 0 Å². The lowest BCUT2D eigenvalue weighted by Gasteiger charge is -2.24. The Bertz CT molecular complexity index is 1060. The monoisotopic (exact) mass is 540 g/mol. The van der Waals surface area contributed by atoms with E-state index in [1.807, 2.05) is 10.6 Å². The number of nitrogens with one attached hydrogen (secondary N) is 3. The summed E-state index contributed by atoms with van der Waals surface area (Å²) in [6, 6.07) is -1.31. The molecule has 0 aliphatic rings. The fraction of sp³-hybridized carbons (Fsp3) is 0.409. The summed E-state index contributed by atoms with van der Waals surface area (Å²) in [7, 11) is 0. The van der Waals surface area contributed by atoms with Crippen LogP contribution >= 0.6 is 0 Å². The number of rotatable bonds is 16. The number of aromatic hydroxyl groups is 1. The quantitative estimate of drug-likeness (QED) is 0.106. The number of phenolic OH excluding ortho intramolecular Hbond substituents is 1. The zero-order chi connectivity index (χ0) is 29.0. The summed E-state index contributed by atoms with van der Waals surface area (Å²) in [6.07, 6.45) is -3.09.